The number of fused-ring (bicyclic) bond motifs is 1. The van der Waals surface area contributed by atoms with E-state index < -0.39 is 16.1 Å². The Kier molecular flexibility index (Phi) is 7.81. The summed E-state index contributed by atoms with van der Waals surface area (Å²) in [5, 5.41) is 19.9. The Bertz CT molecular complexity index is 914. The molecule has 8 heteroatoms. The third-order valence-electron chi connectivity index (χ3n) is 7.71. The molecule has 0 aromatic heterocycles. The van der Waals surface area contributed by atoms with E-state index in [1.807, 2.05) is 0 Å². The molecular formula is C22H31NaO6S. The number of hydrogen-bond acceptors (Lipinski definition) is 6. The second kappa shape index (κ2) is 9.12. The van der Waals surface area contributed by atoms with E-state index in [-0.39, 0.29) is 52.7 Å². The van der Waals surface area contributed by atoms with Gasteiger partial charge in [-0.15, -0.1) is 0 Å². The van der Waals surface area contributed by atoms with Gasteiger partial charge in [0.25, 0.3) is 10.4 Å². The summed E-state index contributed by atoms with van der Waals surface area (Å²) in [5.41, 5.74) is 1.96. The van der Waals surface area contributed by atoms with Crippen molar-refractivity contribution in [2.24, 2.45) is 22.7 Å². The van der Waals surface area contributed by atoms with Gasteiger partial charge in [0.05, 0.1) is 6.61 Å². The predicted molar refractivity (Wildman–Crippen MR) is 109 cm³/mol. The van der Waals surface area contributed by atoms with Crippen molar-refractivity contribution in [3.8, 4) is 11.5 Å². The number of aliphatic hydroxyl groups is 1. The zero-order chi connectivity index (χ0) is 21.6. The van der Waals surface area contributed by atoms with Crippen LogP contribution in [0.5, 0.6) is 11.5 Å². The van der Waals surface area contributed by atoms with Gasteiger partial charge < -0.3 is 18.9 Å². The molecule has 0 spiro atoms. The van der Waals surface area contributed by atoms with Crippen LogP contribution in [0.25, 0.3) is 0 Å². The van der Waals surface area contributed by atoms with Crippen LogP contribution in [-0.2, 0) is 23.4 Å². The molecule has 0 unspecified atom stereocenters. The van der Waals surface area contributed by atoms with Crippen molar-refractivity contribution in [1.82, 2.24) is 0 Å². The molecular weight excluding hydrogens is 415 g/mol. The molecule has 0 saturated heterocycles. The van der Waals surface area contributed by atoms with E-state index in [1.54, 1.807) is 6.07 Å². The molecule has 3 rings (SSSR count). The van der Waals surface area contributed by atoms with Gasteiger partial charge in [-0.3, -0.25) is 0 Å². The summed E-state index contributed by atoms with van der Waals surface area (Å²) in [6.45, 7) is 10.7. The predicted octanol–water partition coefficient (Wildman–Crippen LogP) is 1.07. The van der Waals surface area contributed by atoms with Gasteiger partial charge in [-0.25, -0.2) is 8.42 Å². The topological polar surface area (TPSA) is 107 Å². The normalized spacial score (nSPS) is 31.6. The summed E-state index contributed by atoms with van der Waals surface area (Å²) in [7, 11) is -5.05. The third-order valence-corrected chi connectivity index (χ3v) is 8.08. The first kappa shape index (κ1) is 25.7. The van der Waals surface area contributed by atoms with Crippen LogP contribution >= 0.6 is 0 Å². The Morgan fingerprint density at radius 2 is 1.97 bits per heavy atom. The first-order valence-corrected chi connectivity index (χ1v) is 11.5. The first-order valence-electron chi connectivity index (χ1n) is 10.2. The van der Waals surface area contributed by atoms with E-state index in [9.17, 15) is 23.2 Å². The zero-order valence-electron chi connectivity index (χ0n) is 18.4. The maximum absolute atomic E-state index is 11.3. The van der Waals surface area contributed by atoms with E-state index in [2.05, 4.69) is 31.5 Å². The maximum Gasteiger partial charge on any atom is 1.00 e. The molecule has 2 aliphatic carbocycles. The second-order valence-corrected chi connectivity index (χ2v) is 10.3. The monoisotopic (exact) mass is 446 g/mol. The van der Waals surface area contributed by atoms with Gasteiger partial charge in [0.2, 0.25) is 0 Å². The van der Waals surface area contributed by atoms with Crippen molar-refractivity contribution in [2.45, 2.75) is 65.9 Å². The molecule has 2 N–H and O–H groups in total. The largest absolute Gasteiger partial charge is 1.00 e. The first-order chi connectivity index (χ1) is 13.4. The molecule has 2 aliphatic rings. The van der Waals surface area contributed by atoms with Crippen molar-refractivity contribution in [3.05, 3.63) is 35.4 Å². The van der Waals surface area contributed by atoms with Crippen LogP contribution in [0.2, 0.25) is 0 Å². The fourth-order valence-electron chi connectivity index (χ4n) is 5.83. The van der Waals surface area contributed by atoms with Crippen molar-refractivity contribution in [2.75, 3.05) is 0 Å². The minimum absolute atomic E-state index is 0. The quantitative estimate of drug-likeness (QED) is 0.303. The number of aliphatic hydroxyl groups excluding tert-OH is 1. The van der Waals surface area contributed by atoms with Crippen LogP contribution in [0.1, 0.15) is 64.0 Å². The van der Waals surface area contributed by atoms with Crippen LogP contribution in [0, 0.1) is 22.7 Å². The van der Waals surface area contributed by atoms with Crippen LogP contribution in [0.15, 0.2) is 24.3 Å². The van der Waals surface area contributed by atoms with E-state index in [1.165, 1.54) is 11.6 Å². The Balaban J connectivity index is 0.00000320. The van der Waals surface area contributed by atoms with E-state index in [0.717, 1.165) is 32.1 Å². The molecule has 0 aliphatic heterocycles. The van der Waals surface area contributed by atoms with Gasteiger partial charge in [-0.1, -0.05) is 32.9 Å². The van der Waals surface area contributed by atoms with Crippen molar-refractivity contribution >= 4 is 10.4 Å². The molecule has 0 radical (unpaired) electrons. The fraction of sp³-hybridized carbons (Fsp3) is 0.636. The molecule has 0 amide bonds. The molecule has 30 heavy (non-hydrogen) atoms. The molecule has 1 aromatic rings. The summed E-state index contributed by atoms with van der Waals surface area (Å²) in [6.07, 6.45) is 5.69. The molecule has 162 valence electrons. The van der Waals surface area contributed by atoms with Gasteiger partial charge in [-0.2, -0.15) is 0 Å². The fourth-order valence-corrected chi connectivity index (χ4v) is 6.23. The Morgan fingerprint density at radius 1 is 1.30 bits per heavy atom. The summed E-state index contributed by atoms with van der Waals surface area (Å²) in [6, 6.07) is 2.85. The maximum atomic E-state index is 11.3. The smallest absolute Gasteiger partial charge is 0.716 e. The summed E-state index contributed by atoms with van der Waals surface area (Å²) < 4.78 is 38.4. The number of phenols is 1. The molecule has 2 saturated carbocycles. The molecule has 0 heterocycles. The number of hydrogen-bond donors (Lipinski definition) is 2. The van der Waals surface area contributed by atoms with Crippen LogP contribution < -0.4 is 33.7 Å². The van der Waals surface area contributed by atoms with E-state index in [4.69, 9.17) is 0 Å². The number of aromatic hydroxyl groups is 1. The van der Waals surface area contributed by atoms with Gasteiger partial charge >= 0.3 is 29.6 Å². The second-order valence-electron chi connectivity index (χ2n) is 9.34. The molecule has 6 nitrogen and oxygen atoms in total. The van der Waals surface area contributed by atoms with Gasteiger partial charge in [-0.05, 0) is 78.9 Å². The number of allylic oxidation sites excluding steroid dienone is 1. The third kappa shape index (κ3) is 4.76. The van der Waals surface area contributed by atoms with Crippen LogP contribution in [-0.4, -0.2) is 23.2 Å². The summed E-state index contributed by atoms with van der Waals surface area (Å²) >= 11 is 0. The Hall–Kier alpha value is -0.570. The average Bonchev–Trinajstić information content (AvgIpc) is 2.62. The summed E-state index contributed by atoms with van der Waals surface area (Å²) in [4.78, 5) is 0. The SMILES string of the molecule is C=C1CCC[C@H]2[C@](C)(Cc3cc(CO)cc(O)c3OS(=O)(=O)[O-])[C@@H](C)CC[C@]12C.[Na+]. The zero-order valence-corrected chi connectivity index (χ0v) is 21.2. The van der Waals surface area contributed by atoms with Crippen molar-refractivity contribution in [1.29, 1.82) is 0 Å². The number of phenolic OH excluding ortho intramolecular Hbond substituents is 1. The van der Waals surface area contributed by atoms with Crippen LogP contribution in [0.4, 0.5) is 0 Å². The number of rotatable bonds is 5. The standard InChI is InChI=1S/C22H32O6S.Na/c1-14-6-5-7-19-21(14,3)9-8-15(2)22(19,4)12-17-10-16(13-23)11-18(24)20(17)28-29(25,26)27;/h10-11,15,19,23-24H,1,5-9,12-13H2,2-4H3,(H,25,26,27);/q;+1/p-1/t15-,19+,21+,22+;/m0./s1. The van der Waals surface area contributed by atoms with E-state index >= 15 is 0 Å². The molecule has 0 bridgehead atoms. The van der Waals surface area contributed by atoms with Gasteiger partial charge in [0.1, 0.15) is 0 Å². The molecule has 4 atom stereocenters. The minimum atomic E-state index is -5.05. The molecule has 2 fully saturated rings. The minimum Gasteiger partial charge on any atom is -0.716 e. The Labute approximate surface area is 202 Å². The van der Waals surface area contributed by atoms with Crippen molar-refractivity contribution in [3.63, 3.8) is 0 Å². The van der Waals surface area contributed by atoms with Gasteiger partial charge in [0.15, 0.2) is 11.5 Å². The molecule has 1 aromatic carbocycles. The summed E-state index contributed by atoms with van der Waals surface area (Å²) in [5.74, 6) is -0.0823. The average molecular weight is 447 g/mol. The Morgan fingerprint density at radius 3 is 2.57 bits per heavy atom. The number of benzene rings is 1. The van der Waals surface area contributed by atoms with Gasteiger partial charge in [0, 0.05) is 5.56 Å². The van der Waals surface area contributed by atoms with Crippen molar-refractivity contribution < 1.29 is 56.9 Å². The van der Waals surface area contributed by atoms with E-state index in [0.29, 0.717) is 29.4 Å². The van der Waals surface area contributed by atoms with Crippen LogP contribution in [0.3, 0.4) is 0 Å².